The number of benzene rings is 2. The van der Waals surface area contributed by atoms with Gasteiger partial charge in [-0.15, -0.1) is 0 Å². The van der Waals surface area contributed by atoms with Gasteiger partial charge < -0.3 is 14.6 Å². The van der Waals surface area contributed by atoms with Crippen LogP contribution in [0.2, 0.25) is 5.02 Å². The minimum Gasteiger partial charge on any atom is -0.496 e. The van der Waals surface area contributed by atoms with Crippen molar-refractivity contribution in [3.05, 3.63) is 74.6 Å². The molecule has 29 heavy (non-hydrogen) atoms. The third-order valence-electron chi connectivity index (χ3n) is 4.29. The molecule has 0 unspecified atom stereocenters. The van der Waals surface area contributed by atoms with Crippen LogP contribution in [0.4, 0.5) is 0 Å². The average molecular weight is 492 g/mol. The molecule has 0 saturated carbocycles. The quantitative estimate of drug-likeness (QED) is 0.322. The number of hydrogen-bond donors (Lipinski definition) is 2. The van der Waals surface area contributed by atoms with Gasteiger partial charge in [0.05, 0.1) is 24.2 Å². The Balaban J connectivity index is 1.57. The van der Waals surface area contributed by atoms with E-state index in [-0.39, 0.29) is 0 Å². The molecule has 0 aliphatic heterocycles. The lowest BCUT2D eigenvalue weighted by atomic mass is 10.2. The maximum atomic E-state index is 6.32. The van der Waals surface area contributed by atoms with Gasteiger partial charge in [-0.2, -0.15) is 5.10 Å². The zero-order valence-corrected chi connectivity index (χ0v) is 18.4. The van der Waals surface area contributed by atoms with E-state index in [4.69, 9.17) is 33.0 Å². The Kier molecular flexibility index (Phi) is 5.75. The highest BCUT2D eigenvalue weighted by atomic mass is 79.9. The first-order valence-electron chi connectivity index (χ1n) is 8.65. The predicted octanol–water partition coefficient (Wildman–Crippen LogP) is 6.04. The highest BCUT2D eigenvalue weighted by molar-refractivity contribution is 9.10. The summed E-state index contributed by atoms with van der Waals surface area (Å²) >= 11 is 15.1. The smallest absolute Gasteiger partial charge is 0.214 e. The van der Waals surface area contributed by atoms with Crippen LogP contribution < -0.4 is 10.2 Å². The van der Waals surface area contributed by atoms with Gasteiger partial charge in [-0.25, -0.2) is 9.77 Å². The minimum atomic E-state index is 0.407. The summed E-state index contributed by atoms with van der Waals surface area (Å²) in [7, 11) is 1.62. The zero-order valence-electron chi connectivity index (χ0n) is 15.3. The normalized spacial score (nSPS) is 10.9. The van der Waals surface area contributed by atoms with Gasteiger partial charge in [0.25, 0.3) is 0 Å². The largest absolute Gasteiger partial charge is 0.496 e. The van der Waals surface area contributed by atoms with Crippen LogP contribution in [0.25, 0.3) is 22.7 Å². The summed E-state index contributed by atoms with van der Waals surface area (Å²) < 4.78 is 14.4. The van der Waals surface area contributed by atoms with E-state index in [9.17, 15) is 0 Å². The van der Waals surface area contributed by atoms with Gasteiger partial charge in [-0.1, -0.05) is 39.7 Å². The number of H-pyrrole nitrogens is 1. The summed E-state index contributed by atoms with van der Waals surface area (Å²) in [5.41, 5.74) is 4.89. The Morgan fingerprint density at radius 2 is 2.03 bits per heavy atom. The number of para-hydroxylation sites is 1. The molecular formula is C20H16BrClN4O2S. The fourth-order valence-corrected chi connectivity index (χ4v) is 3.88. The van der Waals surface area contributed by atoms with Crippen LogP contribution in [0.3, 0.4) is 0 Å². The molecule has 2 aromatic heterocycles. The van der Waals surface area contributed by atoms with E-state index in [0.717, 1.165) is 21.4 Å². The number of rotatable bonds is 6. The van der Waals surface area contributed by atoms with Crippen molar-refractivity contribution < 1.29 is 9.15 Å². The van der Waals surface area contributed by atoms with Crippen LogP contribution in [-0.4, -0.2) is 22.0 Å². The topological polar surface area (TPSA) is 68.0 Å². The molecule has 6 nitrogen and oxygen atoms in total. The fraction of sp³-hybridized carbons (Fsp3) is 0.100. The van der Waals surface area contributed by atoms with Gasteiger partial charge in [0.15, 0.2) is 5.82 Å². The number of nitrogens with zero attached hydrogens (tertiary/aromatic N) is 2. The molecule has 0 aliphatic rings. The van der Waals surface area contributed by atoms with E-state index in [2.05, 4.69) is 31.6 Å². The lowest BCUT2D eigenvalue weighted by Crippen LogP contribution is -2.15. The first kappa shape index (κ1) is 19.8. The van der Waals surface area contributed by atoms with Crippen molar-refractivity contribution in [2.45, 2.75) is 6.54 Å². The standard InChI is InChI=1S/C20H16BrClN4O2S/c1-27-17-5-3-2-4-15(17)19-24-25-20(29)26(19)23-11-13-7-9-18(28-13)14-8-6-12(21)10-16(14)22/h2-10,23H,11H2,1H3,(H,25,29). The lowest BCUT2D eigenvalue weighted by molar-refractivity contribution is 0.416. The van der Waals surface area contributed by atoms with Gasteiger partial charge in [-0.05, 0) is 54.7 Å². The molecule has 9 heteroatoms. The number of halogens is 2. The van der Waals surface area contributed by atoms with Crippen molar-refractivity contribution in [3.63, 3.8) is 0 Å². The SMILES string of the molecule is COc1ccccc1-c1n[nH]c(=S)n1NCc1ccc(-c2ccc(Br)cc2Cl)o1. The summed E-state index contributed by atoms with van der Waals surface area (Å²) in [6.07, 6.45) is 0. The summed E-state index contributed by atoms with van der Waals surface area (Å²) in [5.74, 6) is 2.75. The molecule has 0 fully saturated rings. The molecule has 4 rings (SSSR count). The van der Waals surface area contributed by atoms with E-state index in [1.807, 2.05) is 54.6 Å². The highest BCUT2D eigenvalue weighted by Crippen LogP contribution is 2.32. The van der Waals surface area contributed by atoms with Crippen LogP contribution in [-0.2, 0) is 6.54 Å². The van der Waals surface area contributed by atoms with Crippen LogP contribution in [0.1, 0.15) is 5.76 Å². The van der Waals surface area contributed by atoms with Crippen molar-refractivity contribution in [2.24, 2.45) is 0 Å². The number of furan rings is 1. The number of nitrogens with one attached hydrogen (secondary N) is 2. The van der Waals surface area contributed by atoms with E-state index >= 15 is 0 Å². The van der Waals surface area contributed by atoms with E-state index in [0.29, 0.717) is 33.7 Å². The highest BCUT2D eigenvalue weighted by Gasteiger charge is 2.14. The molecule has 2 aromatic carbocycles. The van der Waals surface area contributed by atoms with E-state index in [1.54, 1.807) is 11.8 Å². The Hall–Kier alpha value is -2.55. The second-order valence-corrected chi connectivity index (χ2v) is 7.82. The molecule has 2 N–H and O–H groups in total. The third-order valence-corrected chi connectivity index (χ3v) is 5.37. The first-order chi connectivity index (χ1) is 14.1. The van der Waals surface area contributed by atoms with Gasteiger partial charge in [0.2, 0.25) is 4.77 Å². The van der Waals surface area contributed by atoms with Crippen LogP contribution in [0.15, 0.2) is 63.5 Å². The predicted molar refractivity (Wildman–Crippen MR) is 119 cm³/mol. The molecule has 0 atom stereocenters. The van der Waals surface area contributed by atoms with Gasteiger partial charge >= 0.3 is 0 Å². The minimum absolute atomic E-state index is 0.407. The number of aromatic nitrogens is 3. The molecule has 2 heterocycles. The van der Waals surface area contributed by atoms with Crippen molar-refractivity contribution in [2.75, 3.05) is 12.5 Å². The first-order valence-corrected chi connectivity index (χ1v) is 10.2. The van der Waals surface area contributed by atoms with Crippen molar-refractivity contribution in [1.29, 1.82) is 0 Å². The Morgan fingerprint density at radius 3 is 2.83 bits per heavy atom. The van der Waals surface area contributed by atoms with Crippen LogP contribution in [0, 0.1) is 4.77 Å². The molecule has 0 bridgehead atoms. The Bertz CT molecular complexity index is 1220. The van der Waals surface area contributed by atoms with Crippen molar-refractivity contribution in [1.82, 2.24) is 14.9 Å². The second kappa shape index (κ2) is 8.44. The fourth-order valence-electron chi connectivity index (χ4n) is 2.92. The van der Waals surface area contributed by atoms with E-state index < -0.39 is 0 Å². The van der Waals surface area contributed by atoms with E-state index in [1.165, 1.54) is 0 Å². The van der Waals surface area contributed by atoms with Gasteiger partial charge in [0.1, 0.15) is 17.3 Å². The maximum Gasteiger partial charge on any atom is 0.214 e. The van der Waals surface area contributed by atoms with Gasteiger partial charge in [-0.3, -0.25) is 0 Å². The van der Waals surface area contributed by atoms with Crippen LogP contribution >= 0.6 is 39.7 Å². The van der Waals surface area contributed by atoms with Crippen molar-refractivity contribution >= 4 is 39.7 Å². The maximum absolute atomic E-state index is 6.32. The Morgan fingerprint density at radius 1 is 1.21 bits per heavy atom. The summed E-state index contributed by atoms with van der Waals surface area (Å²) in [4.78, 5) is 0. The average Bonchev–Trinajstić information content (AvgIpc) is 3.33. The third kappa shape index (κ3) is 4.10. The summed E-state index contributed by atoms with van der Waals surface area (Å²) in [5, 5.41) is 7.76. The molecular weight excluding hydrogens is 476 g/mol. The van der Waals surface area contributed by atoms with Crippen LogP contribution in [0.5, 0.6) is 5.75 Å². The molecule has 0 radical (unpaired) electrons. The zero-order chi connectivity index (χ0) is 20.4. The second-order valence-electron chi connectivity index (χ2n) is 6.11. The summed E-state index contributed by atoms with van der Waals surface area (Å²) in [6, 6.07) is 17.1. The molecule has 0 amide bonds. The molecule has 0 saturated heterocycles. The number of aromatic amines is 1. The number of methoxy groups -OCH3 is 1. The number of hydrogen-bond acceptors (Lipinski definition) is 5. The summed E-state index contributed by atoms with van der Waals surface area (Å²) in [6.45, 7) is 0.407. The molecule has 0 spiro atoms. The van der Waals surface area contributed by atoms with Gasteiger partial charge in [0, 0.05) is 10.0 Å². The number of ether oxygens (including phenoxy) is 1. The Labute approximate surface area is 185 Å². The molecule has 148 valence electrons. The monoisotopic (exact) mass is 490 g/mol. The lowest BCUT2D eigenvalue weighted by Gasteiger charge is -2.11. The molecule has 0 aliphatic carbocycles. The van der Waals surface area contributed by atoms with Crippen molar-refractivity contribution in [3.8, 4) is 28.5 Å². The molecule has 4 aromatic rings.